The number of Topliss-reactive ketones (excluding diaryl/α,β-unsaturated/α-hetero) is 1. The highest BCUT2D eigenvalue weighted by molar-refractivity contribution is 6.42. The summed E-state index contributed by atoms with van der Waals surface area (Å²) in [6.07, 6.45) is -4.60. The molecule has 1 nitrogen and oxygen atoms in total. The molecule has 0 spiro atoms. The summed E-state index contributed by atoms with van der Waals surface area (Å²) in [5, 5.41) is 0.565. The Bertz CT molecular complexity index is 709. The van der Waals surface area contributed by atoms with E-state index in [-0.39, 0.29) is 10.6 Å². The van der Waals surface area contributed by atoms with Crippen LogP contribution in [0.4, 0.5) is 13.2 Å². The van der Waals surface area contributed by atoms with E-state index in [9.17, 15) is 18.0 Å². The maximum absolute atomic E-state index is 13.0. The molecule has 0 aliphatic rings. The number of benzene rings is 2. The van der Waals surface area contributed by atoms with Crippen LogP contribution in [0.25, 0.3) is 11.1 Å². The molecule has 0 atom stereocenters. The molecule has 0 radical (unpaired) electrons. The highest BCUT2D eigenvalue weighted by Crippen LogP contribution is 2.36. The first-order valence-corrected chi connectivity index (χ1v) is 6.63. The number of carbonyl (C=O) groups is 1. The Morgan fingerprint density at radius 2 is 1.52 bits per heavy atom. The molecule has 6 heteroatoms. The summed E-state index contributed by atoms with van der Waals surface area (Å²) in [4.78, 5) is 11.3. The van der Waals surface area contributed by atoms with Crippen LogP contribution in [-0.4, -0.2) is 5.78 Å². The monoisotopic (exact) mass is 332 g/mol. The van der Waals surface area contributed by atoms with Crippen LogP contribution < -0.4 is 0 Å². The molecule has 0 aromatic heterocycles. The lowest BCUT2D eigenvalue weighted by Gasteiger charge is -2.13. The number of hydrogen-bond donors (Lipinski definition) is 0. The van der Waals surface area contributed by atoms with Gasteiger partial charge in [-0.25, -0.2) is 0 Å². The molecule has 0 unspecified atom stereocenters. The van der Waals surface area contributed by atoms with E-state index >= 15 is 0 Å². The van der Waals surface area contributed by atoms with E-state index in [2.05, 4.69) is 0 Å². The van der Waals surface area contributed by atoms with E-state index in [4.69, 9.17) is 23.2 Å². The van der Waals surface area contributed by atoms with Gasteiger partial charge in [-0.2, -0.15) is 13.2 Å². The Hall–Kier alpha value is -1.52. The van der Waals surface area contributed by atoms with Gasteiger partial charge >= 0.3 is 6.18 Å². The van der Waals surface area contributed by atoms with Crippen molar-refractivity contribution < 1.29 is 18.0 Å². The van der Waals surface area contributed by atoms with Gasteiger partial charge in [0.25, 0.3) is 0 Å². The quantitative estimate of drug-likeness (QED) is 0.627. The Balaban J connectivity index is 2.61. The van der Waals surface area contributed by atoms with Crippen molar-refractivity contribution in [2.24, 2.45) is 0 Å². The third kappa shape index (κ3) is 3.39. The van der Waals surface area contributed by atoms with E-state index < -0.39 is 17.5 Å². The summed E-state index contributed by atoms with van der Waals surface area (Å²) >= 11 is 11.6. The van der Waals surface area contributed by atoms with Gasteiger partial charge in [0.15, 0.2) is 5.78 Å². The molecule has 0 amide bonds. The van der Waals surface area contributed by atoms with Gasteiger partial charge in [-0.3, -0.25) is 4.79 Å². The Morgan fingerprint density at radius 3 is 2.05 bits per heavy atom. The second-order valence-corrected chi connectivity index (χ2v) is 5.26. The van der Waals surface area contributed by atoms with Crippen molar-refractivity contribution in [1.29, 1.82) is 0 Å². The van der Waals surface area contributed by atoms with E-state index in [1.54, 1.807) is 6.07 Å². The molecular formula is C15H9Cl2F3O. The zero-order valence-corrected chi connectivity index (χ0v) is 12.3. The summed E-state index contributed by atoms with van der Waals surface area (Å²) in [5.41, 5.74) is -0.513. The minimum absolute atomic E-state index is 0.248. The van der Waals surface area contributed by atoms with Crippen LogP contribution in [0.5, 0.6) is 0 Å². The minimum Gasteiger partial charge on any atom is -0.294 e. The second kappa shape index (κ2) is 5.70. The highest BCUT2D eigenvalue weighted by atomic mass is 35.5. The summed E-state index contributed by atoms with van der Waals surface area (Å²) in [5.74, 6) is -0.636. The fraction of sp³-hybridized carbons (Fsp3) is 0.133. The van der Waals surface area contributed by atoms with E-state index in [0.717, 1.165) is 13.0 Å². The maximum Gasteiger partial charge on any atom is 0.417 e. The SMILES string of the molecule is CC(=O)c1ccc(-c2ccc(Cl)c(Cl)c2)cc1C(F)(F)F. The maximum atomic E-state index is 13.0. The van der Waals surface area contributed by atoms with Gasteiger partial charge in [-0.15, -0.1) is 0 Å². The number of rotatable bonds is 2. The average Bonchev–Trinajstić information content (AvgIpc) is 2.40. The molecule has 2 aromatic rings. The number of alkyl halides is 3. The van der Waals surface area contributed by atoms with Crippen molar-refractivity contribution in [3.63, 3.8) is 0 Å². The van der Waals surface area contributed by atoms with Crippen molar-refractivity contribution >= 4 is 29.0 Å². The third-order valence-electron chi connectivity index (χ3n) is 2.96. The van der Waals surface area contributed by atoms with E-state index in [1.165, 1.54) is 24.3 Å². The first-order valence-electron chi connectivity index (χ1n) is 5.88. The normalized spacial score (nSPS) is 11.5. The van der Waals surface area contributed by atoms with Crippen molar-refractivity contribution in [3.05, 3.63) is 57.6 Å². The summed E-state index contributed by atoms with van der Waals surface area (Å²) < 4.78 is 39.1. The lowest BCUT2D eigenvalue weighted by molar-refractivity contribution is -0.137. The Labute approximate surface area is 129 Å². The fourth-order valence-corrected chi connectivity index (χ4v) is 2.24. The predicted octanol–water partition coefficient (Wildman–Crippen LogP) is 5.88. The molecule has 2 aromatic carbocycles. The molecular weight excluding hydrogens is 324 g/mol. The molecule has 0 N–H and O–H groups in total. The van der Waals surface area contributed by atoms with Gasteiger partial charge < -0.3 is 0 Å². The lowest BCUT2D eigenvalue weighted by atomic mass is 9.97. The number of ketones is 1. The summed E-state index contributed by atoms with van der Waals surface area (Å²) in [6, 6.07) is 8.11. The molecule has 21 heavy (non-hydrogen) atoms. The zero-order chi connectivity index (χ0) is 15.8. The third-order valence-corrected chi connectivity index (χ3v) is 3.70. The van der Waals surface area contributed by atoms with E-state index in [1.807, 2.05) is 0 Å². The molecule has 0 bridgehead atoms. The van der Waals surface area contributed by atoms with Crippen molar-refractivity contribution in [2.75, 3.05) is 0 Å². The van der Waals surface area contributed by atoms with Crippen LogP contribution in [0, 0.1) is 0 Å². The topological polar surface area (TPSA) is 17.1 Å². The van der Waals surface area contributed by atoms with Gasteiger partial charge in [0.1, 0.15) is 0 Å². The molecule has 0 heterocycles. The van der Waals surface area contributed by atoms with Gasteiger partial charge in [-0.05, 0) is 36.2 Å². The van der Waals surface area contributed by atoms with Crippen LogP contribution in [0.15, 0.2) is 36.4 Å². The first kappa shape index (κ1) is 15.9. The minimum atomic E-state index is -4.60. The predicted molar refractivity (Wildman–Crippen MR) is 76.9 cm³/mol. The van der Waals surface area contributed by atoms with Crippen LogP contribution in [0.3, 0.4) is 0 Å². The molecule has 2 rings (SSSR count). The Morgan fingerprint density at radius 1 is 0.952 bits per heavy atom. The average molecular weight is 333 g/mol. The lowest BCUT2D eigenvalue weighted by Crippen LogP contribution is -2.11. The smallest absolute Gasteiger partial charge is 0.294 e. The number of carbonyl (C=O) groups excluding carboxylic acids is 1. The van der Waals surface area contributed by atoms with E-state index in [0.29, 0.717) is 16.1 Å². The number of hydrogen-bond acceptors (Lipinski definition) is 1. The molecule has 0 saturated heterocycles. The van der Waals surface area contributed by atoms with Gasteiger partial charge in [0.05, 0.1) is 15.6 Å². The fourth-order valence-electron chi connectivity index (χ4n) is 1.94. The van der Waals surface area contributed by atoms with Crippen molar-refractivity contribution in [1.82, 2.24) is 0 Å². The van der Waals surface area contributed by atoms with Gasteiger partial charge in [0, 0.05) is 5.56 Å². The van der Waals surface area contributed by atoms with Crippen LogP contribution in [0.1, 0.15) is 22.8 Å². The summed E-state index contributed by atoms with van der Waals surface area (Å²) in [6.45, 7) is 1.10. The summed E-state index contributed by atoms with van der Waals surface area (Å²) in [7, 11) is 0. The second-order valence-electron chi connectivity index (χ2n) is 4.44. The van der Waals surface area contributed by atoms with Gasteiger partial charge in [-0.1, -0.05) is 41.4 Å². The highest BCUT2D eigenvalue weighted by Gasteiger charge is 2.34. The standard InChI is InChI=1S/C15H9Cl2F3O/c1-8(21)11-4-2-9(6-12(11)15(18,19)20)10-3-5-13(16)14(17)7-10/h2-7H,1H3. The number of halogens is 5. The largest absolute Gasteiger partial charge is 0.417 e. The molecule has 0 aliphatic heterocycles. The molecule has 0 fully saturated rings. The molecule has 0 aliphatic carbocycles. The first-order chi connectivity index (χ1) is 9.70. The van der Waals surface area contributed by atoms with Crippen LogP contribution >= 0.6 is 23.2 Å². The van der Waals surface area contributed by atoms with Crippen molar-refractivity contribution in [3.8, 4) is 11.1 Å². The van der Waals surface area contributed by atoms with Crippen LogP contribution in [-0.2, 0) is 6.18 Å². The van der Waals surface area contributed by atoms with Crippen molar-refractivity contribution in [2.45, 2.75) is 13.1 Å². The Kier molecular flexibility index (Phi) is 4.30. The van der Waals surface area contributed by atoms with Crippen LogP contribution in [0.2, 0.25) is 10.0 Å². The molecule has 0 saturated carbocycles. The zero-order valence-electron chi connectivity index (χ0n) is 10.8. The molecule has 110 valence electrons. The van der Waals surface area contributed by atoms with Gasteiger partial charge in [0.2, 0.25) is 0 Å².